The molecule has 1 nitrogen and oxygen atoms in total. The SMILES string of the molecule is CCCCCCCCCCCCCCCCc1ccc[n+](CCCCCCCCCCC)c1. The Morgan fingerprint density at radius 1 is 0.485 bits per heavy atom. The summed E-state index contributed by atoms with van der Waals surface area (Å²) in [6.07, 6.45) is 38.8. The van der Waals surface area contributed by atoms with Crippen LogP contribution in [0.4, 0.5) is 0 Å². The third-order valence-corrected chi connectivity index (χ3v) is 7.26. The molecule has 0 aliphatic rings. The maximum Gasteiger partial charge on any atom is 0.171 e. The lowest BCUT2D eigenvalue weighted by Crippen LogP contribution is -2.33. The van der Waals surface area contributed by atoms with Crippen molar-refractivity contribution in [2.24, 2.45) is 0 Å². The van der Waals surface area contributed by atoms with Crippen LogP contribution in [0.25, 0.3) is 0 Å². The van der Waals surface area contributed by atoms with Crippen molar-refractivity contribution < 1.29 is 4.57 Å². The molecule has 0 aliphatic heterocycles. The van der Waals surface area contributed by atoms with Crippen molar-refractivity contribution in [3.05, 3.63) is 30.1 Å². The van der Waals surface area contributed by atoms with Gasteiger partial charge in [-0.1, -0.05) is 142 Å². The third kappa shape index (κ3) is 20.3. The highest BCUT2D eigenvalue weighted by molar-refractivity contribution is 5.05. The molecule has 0 spiro atoms. The van der Waals surface area contributed by atoms with Gasteiger partial charge in [-0.05, 0) is 25.3 Å². The number of pyridine rings is 1. The first-order valence-electron chi connectivity index (χ1n) is 15.3. The number of unbranched alkanes of at least 4 members (excludes halogenated alkanes) is 21. The molecule has 1 rings (SSSR count). The van der Waals surface area contributed by atoms with Crippen LogP contribution in [0.5, 0.6) is 0 Å². The van der Waals surface area contributed by atoms with Gasteiger partial charge in [0.25, 0.3) is 0 Å². The summed E-state index contributed by atoms with van der Waals surface area (Å²) in [6.45, 7) is 5.80. The molecular weight excluding hydrogens is 398 g/mol. The molecule has 0 radical (unpaired) electrons. The van der Waals surface area contributed by atoms with E-state index in [1.807, 2.05) is 0 Å². The van der Waals surface area contributed by atoms with Gasteiger partial charge in [0.15, 0.2) is 12.4 Å². The van der Waals surface area contributed by atoms with Crippen LogP contribution in [-0.2, 0) is 13.0 Å². The lowest BCUT2D eigenvalue weighted by Gasteiger charge is -2.04. The van der Waals surface area contributed by atoms with Crippen molar-refractivity contribution in [1.29, 1.82) is 0 Å². The summed E-state index contributed by atoms with van der Waals surface area (Å²) in [6, 6.07) is 4.59. The van der Waals surface area contributed by atoms with Crippen molar-refractivity contribution in [2.45, 2.75) is 174 Å². The van der Waals surface area contributed by atoms with Gasteiger partial charge in [-0.25, -0.2) is 4.57 Å². The van der Waals surface area contributed by atoms with Crippen molar-refractivity contribution in [3.8, 4) is 0 Å². The fourth-order valence-corrected chi connectivity index (χ4v) is 4.99. The first kappa shape index (κ1) is 30.2. The normalized spacial score (nSPS) is 11.3. The van der Waals surface area contributed by atoms with Crippen LogP contribution >= 0.6 is 0 Å². The number of hydrogen-bond acceptors (Lipinski definition) is 0. The van der Waals surface area contributed by atoms with E-state index in [2.05, 4.69) is 42.9 Å². The molecule has 0 amide bonds. The molecule has 0 fully saturated rings. The predicted molar refractivity (Wildman–Crippen MR) is 148 cm³/mol. The number of nitrogens with zero attached hydrogens (tertiary/aromatic N) is 1. The second-order valence-electron chi connectivity index (χ2n) is 10.6. The Morgan fingerprint density at radius 2 is 0.879 bits per heavy atom. The molecule has 1 aromatic rings. The fraction of sp³-hybridized carbons (Fsp3) is 0.844. The van der Waals surface area contributed by atoms with Gasteiger partial charge in [0.2, 0.25) is 0 Å². The van der Waals surface area contributed by atoms with E-state index < -0.39 is 0 Å². The molecule has 0 N–H and O–H groups in total. The molecule has 0 aromatic carbocycles. The zero-order valence-electron chi connectivity index (χ0n) is 22.9. The summed E-state index contributed by atoms with van der Waals surface area (Å²) in [5.41, 5.74) is 1.53. The van der Waals surface area contributed by atoms with E-state index in [1.54, 1.807) is 0 Å². The van der Waals surface area contributed by atoms with Crippen molar-refractivity contribution in [1.82, 2.24) is 0 Å². The zero-order chi connectivity index (χ0) is 23.7. The van der Waals surface area contributed by atoms with Crippen LogP contribution in [0, 0.1) is 0 Å². The molecule has 0 saturated carbocycles. The minimum atomic E-state index is 1.20. The van der Waals surface area contributed by atoms with Crippen LogP contribution < -0.4 is 4.57 Å². The average Bonchev–Trinajstić information content (AvgIpc) is 2.83. The maximum atomic E-state index is 2.43. The summed E-state index contributed by atoms with van der Waals surface area (Å²) < 4.78 is 2.43. The molecular formula is C32H60N+. The fourth-order valence-electron chi connectivity index (χ4n) is 4.99. The van der Waals surface area contributed by atoms with Gasteiger partial charge < -0.3 is 0 Å². The molecule has 0 atom stereocenters. The molecule has 1 heteroatoms. The summed E-state index contributed by atoms with van der Waals surface area (Å²) in [5.74, 6) is 0. The predicted octanol–water partition coefficient (Wildman–Crippen LogP) is 10.5. The van der Waals surface area contributed by atoms with E-state index >= 15 is 0 Å². The Morgan fingerprint density at radius 3 is 1.33 bits per heavy atom. The number of rotatable bonds is 25. The second-order valence-corrected chi connectivity index (χ2v) is 10.6. The number of aryl methyl sites for hydroxylation is 2. The van der Waals surface area contributed by atoms with E-state index in [-0.39, 0.29) is 0 Å². The van der Waals surface area contributed by atoms with E-state index in [4.69, 9.17) is 0 Å². The molecule has 0 saturated heterocycles. The molecule has 192 valence electrons. The van der Waals surface area contributed by atoms with Crippen molar-refractivity contribution in [3.63, 3.8) is 0 Å². The molecule has 0 unspecified atom stereocenters. The first-order chi connectivity index (χ1) is 16.4. The zero-order valence-corrected chi connectivity index (χ0v) is 22.9. The third-order valence-electron chi connectivity index (χ3n) is 7.26. The van der Waals surface area contributed by atoms with Crippen LogP contribution in [0.15, 0.2) is 24.5 Å². The first-order valence-corrected chi connectivity index (χ1v) is 15.3. The van der Waals surface area contributed by atoms with E-state index in [0.29, 0.717) is 0 Å². The van der Waals surface area contributed by atoms with Gasteiger partial charge in [-0.3, -0.25) is 0 Å². The highest BCUT2D eigenvalue weighted by Crippen LogP contribution is 2.14. The lowest BCUT2D eigenvalue weighted by atomic mass is 10.0. The Balaban J connectivity index is 1.91. The quantitative estimate of drug-likeness (QED) is 0.101. The minimum Gasteiger partial charge on any atom is -0.205 e. The number of aromatic nitrogens is 1. The van der Waals surface area contributed by atoms with Crippen molar-refractivity contribution in [2.75, 3.05) is 0 Å². The van der Waals surface area contributed by atoms with Crippen LogP contribution in [0.2, 0.25) is 0 Å². The highest BCUT2D eigenvalue weighted by Gasteiger charge is 2.03. The Bertz CT molecular complexity index is 509. The van der Waals surface area contributed by atoms with Crippen LogP contribution in [-0.4, -0.2) is 0 Å². The summed E-state index contributed by atoms with van der Waals surface area (Å²) in [7, 11) is 0. The van der Waals surface area contributed by atoms with E-state index in [9.17, 15) is 0 Å². The van der Waals surface area contributed by atoms with Gasteiger partial charge >= 0.3 is 0 Å². The van der Waals surface area contributed by atoms with E-state index in [1.165, 1.54) is 166 Å². The van der Waals surface area contributed by atoms with Gasteiger partial charge in [0, 0.05) is 18.1 Å². The monoisotopic (exact) mass is 458 g/mol. The van der Waals surface area contributed by atoms with Crippen molar-refractivity contribution >= 4 is 0 Å². The Kier molecular flexibility index (Phi) is 22.2. The average molecular weight is 459 g/mol. The topological polar surface area (TPSA) is 3.88 Å². The standard InChI is InChI=1S/C32H60N/c1-3-5-7-9-11-13-14-15-16-17-18-20-22-24-27-32-28-26-30-33(31-32)29-25-23-21-19-12-10-8-6-4-2/h26,28,30-31H,3-25,27,29H2,1-2H3/q+1. The maximum absolute atomic E-state index is 2.43. The van der Waals surface area contributed by atoms with Gasteiger partial charge in [0.05, 0.1) is 0 Å². The lowest BCUT2D eigenvalue weighted by molar-refractivity contribution is -0.697. The summed E-state index contributed by atoms with van der Waals surface area (Å²) in [4.78, 5) is 0. The van der Waals surface area contributed by atoms with Crippen LogP contribution in [0.1, 0.15) is 167 Å². The Labute approximate surface area is 209 Å². The molecule has 33 heavy (non-hydrogen) atoms. The molecule has 0 aliphatic carbocycles. The highest BCUT2D eigenvalue weighted by atomic mass is 14.9. The summed E-state index contributed by atoms with van der Waals surface area (Å²) >= 11 is 0. The molecule has 1 heterocycles. The van der Waals surface area contributed by atoms with Crippen LogP contribution in [0.3, 0.4) is 0 Å². The number of hydrogen-bond donors (Lipinski definition) is 0. The smallest absolute Gasteiger partial charge is 0.171 e. The Hall–Kier alpha value is -0.850. The van der Waals surface area contributed by atoms with Gasteiger partial charge in [-0.15, -0.1) is 0 Å². The van der Waals surface area contributed by atoms with Gasteiger partial charge in [-0.2, -0.15) is 0 Å². The van der Waals surface area contributed by atoms with E-state index in [0.717, 1.165) is 0 Å². The largest absolute Gasteiger partial charge is 0.205 e. The summed E-state index contributed by atoms with van der Waals surface area (Å²) in [5, 5.41) is 0. The molecule has 1 aromatic heterocycles. The van der Waals surface area contributed by atoms with Gasteiger partial charge in [0.1, 0.15) is 6.54 Å². The minimum absolute atomic E-state index is 1.20. The second kappa shape index (κ2) is 24.3. The molecule has 0 bridgehead atoms.